The number of benzene rings is 2. The molecule has 6 N–H and O–H groups in total. The summed E-state index contributed by atoms with van der Waals surface area (Å²) in [6.07, 6.45) is 0. The summed E-state index contributed by atoms with van der Waals surface area (Å²) in [7, 11) is 0. The van der Waals surface area contributed by atoms with Crippen molar-refractivity contribution in [1.82, 2.24) is 0 Å². The first kappa shape index (κ1) is 16.4. The van der Waals surface area contributed by atoms with Crippen LogP contribution in [-0.2, 0) is 0 Å². The molecule has 8 heteroatoms. The Morgan fingerprint density at radius 1 is 1.04 bits per heavy atom. The third kappa shape index (κ3) is 4.27. The molecular weight excluding hydrogens is 321 g/mol. The summed E-state index contributed by atoms with van der Waals surface area (Å²) in [6.45, 7) is 0. The molecule has 0 aromatic heterocycles. The van der Waals surface area contributed by atoms with Crippen LogP contribution in [0.15, 0.2) is 52.4 Å². The van der Waals surface area contributed by atoms with Gasteiger partial charge < -0.3 is 17.2 Å². The van der Waals surface area contributed by atoms with E-state index in [1.165, 1.54) is 36.4 Å². The lowest BCUT2D eigenvalue weighted by Crippen LogP contribution is -2.26. The van der Waals surface area contributed by atoms with Gasteiger partial charge >= 0.3 is 0 Å². The van der Waals surface area contributed by atoms with Crippen molar-refractivity contribution < 1.29 is 9.18 Å². The van der Waals surface area contributed by atoms with Crippen LogP contribution in [0.2, 0.25) is 5.02 Å². The zero-order valence-electron chi connectivity index (χ0n) is 11.8. The van der Waals surface area contributed by atoms with E-state index in [0.717, 1.165) is 0 Å². The second kappa shape index (κ2) is 6.89. The molecule has 0 aliphatic rings. The Kier molecular flexibility index (Phi) is 4.92. The Hall–Kier alpha value is -2.93. The highest BCUT2D eigenvalue weighted by Gasteiger charge is 2.15. The fraction of sp³-hybridized carbons (Fsp3) is 0. The lowest BCUT2D eigenvalue weighted by molar-refractivity contribution is 0.103. The SMILES string of the molecule is NC(N)=NC(N)=Nc1ccc(Cl)cc1C(=O)c1ccc(F)cc1. The third-order valence-corrected chi connectivity index (χ3v) is 3.02. The van der Waals surface area contributed by atoms with Gasteiger partial charge in [0.2, 0.25) is 5.96 Å². The Morgan fingerprint density at radius 3 is 2.30 bits per heavy atom. The molecule has 23 heavy (non-hydrogen) atoms. The van der Waals surface area contributed by atoms with E-state index in [1.54, 1.807) is 6.07 Å². The van der Waals surface area contributed by atoms with Gasteiger partial charge in [-0.05, 0) is 42.5 Å². The molecule has 2 rings (SSSR count). The van der Waals surface area contributed by atoms with E-state index in [4.69, 9.17) is 28.8 Å². The van der Waals surface area contributed by atoms with Gasteiger partial charge in [0.05, 0.1) is 5.69 Å². The largest absolute Gasteiger partial charge is 0.370 e. The van der Waals surface area contributed by atoms with Crippen LogP contribution < -0.4 is 17.2 Å². The van der Waals surface area contributed by atoms with E-state index >= 15 is 0 Å². The number of rotatable bonds is 3. The first-order valence-corrected chi connectivity index (χ1v) is 6.78. The monoisotopic (exact) mass is 333 g/mol. The average Bonchev–Trinajstić information content (AvgIpc) is 2.48. The lowest BCUT2D eigenvalue weighted by atomic mass is 10.0. The van der Waals surface area contributed by atoms with Crippen molar-refractivity contribution in [3.63, 3.8) is 0 Å². The fourth-order valence-electron chi connectivity index (χ4n) is 1.83. The van der Waals surface area contributed by atoms with E-state index < -0.39 is 5.82 Å². The maximum Gasteiger partial charge on any atom is 0.223 e. The van der Waals surface area contributed by atoms with Crippen molar-refractivity contribution in [3.05, 3.63) is 64.4 Å². The highest BCUT2D eigenvalue weighted by Crippen LogP contribution is 2.26. The third-order valence-electron chi connectivity index (χ3n) is 2.79. The van der Waals surface area contributed by atoms with Gasteiger partial charge in [-0.25, -0.2) is 9.38 Å². The van der Waals surface area contributed by atoms with Gasteiger partial charge in [0.1, 0.15) is 5.82 Å². The summed E-state index contributed by atoms with van der Waals surface area (Å²) < 4.78 is 13.0. The lowest BCUT2D eigenvalue weighted by Gasteiger charge is -2.06. The number of nitrogens with two attached hydrogens (primary N) is 3. The van der Waals surface area contributed by atoms with E-state index in [0.29, 0.717) is 5.02 Å². The molecule has 0 amide bonds. The summed E-state index contributed by atoms with van der Waals surface area (Å²) >= 11 is 5.93. The van der Waals surface area contributed by atoms with Gasteiger partial charge in [-0.3, -0.25) is 4.79 Å². The van der Waals surface area contributed by atoms with Crippen LogP contribution >= 0.6 is 11.6 Å². The van der Waals surface area contributed by atoms with Gasteiger partial charge in [-0.2, -0.15) is 4.99 Å². The minimum absolute atomic E-state index is 0.192. The Bertz CT molecular complexity index is 798. The van der Waals surface area contributed by atoms with Crippen molar-refractivity contribution in [2.75, 3.05) is 0 Å². The van der Waals surface area contributed by atoms with Crippen molar-refractivity contribution in [2.45, 2.75) is 0 Å². The minimum Gasteiger partial charge on any atom is -0.370 e. The first-order valence-electron chi connectivity index (χ1n) is 6.40. The number of guanidine groups is 2. The summed E-state index contributed by atoms with van der Waals surface area (Å²) in [4.78, 5) is 20.1. The summed E-state index contributed by atoms with van der Waals surface area (Å²) in [5.41, 5.74) is 16.7. The van der Waals surface area contributed by atoms with Crippen LogP contribution in [0.5, 0.6) is 0 Å². The number of ketones is 1. The predicted molar refractivity (Wildman–Crippen MR) is 88.4 cm³/mol. The number of aliphatic imine (C=N–C) groups is 2. The standard InChI is InChI=1S/C15H13ClFN5O/c16-9-3-6-12(21-15(20)22-14(18)19)11(7-9)13(23)8-1-4-10(17)5-2-8/h1-7H,(H6,18,19,20,21,22). The van der Waals surface area contributed by atoms with Gasteiger partial charge in [0, 0.05) is 16.1 Å². The predicted octanol–water partition coefficient (Wildman–Crippen LogP) is 1.93. The normalized spacial score (nSPS) is 11.1. The highest BCUT2D eigenvalue weighted by molar-refractivity contribution is 6.31. The molecule has 0 unspecified atom stereocenters. The fourth-order valence-corrected chi connectivity index (χ4v) is 2.00. The molecule has 0 radical (unpaired) electrons. The molecule has 0 atom stereocenters. The second-order valence-electron chi connectivity index (χ2n) is 4.50. The summed E-state index contributed by atoms with van der Waals surface area (Å²) in [6, 6.07) is 9.60. The quantitative estimate of drug-likeness (QED) is 0.451. The molecule has 0 spiro atoms. The Morgan fingerprint density at radius 2 is 1.70 bits per heavy atom. The molecule has 0 bridgehead atoms. The van der Waals surface area contributed by atoms with E-state index in [1.807, 2.05) is 0 Å². The number of carbonyl (C=O) groups is 1. The van der Waals surface area contributed by atoms with Gasteiger partial charge in [0.25, 0.3) is 0 Å². The molecular formula is C15H13ClFN5O. The Balaban J connectivity index is 2.49. The molecule has 0 saturated heterocycles. The molecule has 0 aliphatic heterocycles. The number of nitrogens with zero attached hydrogens (tertiary/aromatic N) is 2. The van der Waals surface area contributed by atoms with Gasteiger partial charge in [0.15, 0.2) is 11.7 Å². The highest BCUT2D eigenvalue weighted by atomic mass is 35.5. The van der Waals surface area contributed by atoms with Crippen LogP contribution in [0.1, 0.15) is 15.9 Å². The molecule has 0 aliphatic carbocycles. The van der Waals surface area contributed by atoms with E-state index in [9.17, 15) is 9.18 Å². The molecule has 0 fully saturated rings. The maximum absolute atomic E-state index is 13.0. The average molecular weight is 334 g/mol. The van der Waals surface area contributed by atoms with Gasteiger partial charge in [-0.1, -0.05) is 11.6 Å². The van der Waals surface area contributed by atoms with Crippen LogP contribution in [0.25, 0.3) is 0 Å². The maximum atomic E-state index is 13.0. The Labute approximate surface area is 136 Å². The van der Waals surface area contributed by atoms with E-state index in [-0.39, 0.29) is 34.5 Å². The molecule has 0 saturated carbocycles. The molecule has 2 aromatic rings. The van der Waals surface area contributed by atoms with E-state index in [2.05, 4.69) is 9.98 Å². The molecule has 118 valence electrons. The number of hydrogen-bond donors (Lipinski definition) is 3. The van der Waals surface area contributed by atoms with Crippen molar-refractivity contribution in [3.8, 4) is 0 Å². The van der Waals surface area contributed by atoms with Crippen molar-refractivity contribution in [2.24, 2.45) is 27.2 Å². The van der Waals surface area contributed by atoms with Crippen LogP contribution in [-0.4, -0.2) is 17.7 Å². The van der Waals surface area contributed by atoms with Crippen molar-refractivity contribution >= 4 is 35.0 Å². The van der Waals surface area contributed by atoms with Crippen LogP contribution in [0.4, 0.5) is 10.1 Å². The zero-order chi connectivity index (χ0) is 17.0. The minimum atomic E-state index is -0.442. The molecule has 0 heterocycles. The first-order chi connectivity index (χ1) is 10.9. The smallest absolute Gasteiger partial charge is 0.223 e. The number of carbonyl (C=O) groups excluding carboxylic acids is 1. The van der Waals surface area contributed by atoms with Gasteiger partial charge in [-0.15, -0.1) is 0 Å². The molecule has 6 nitrogen and oxygen atoms in total. The second-order valence-corrected chi connectivity index (χ2v) is 4.94. The summed E-state index contributed by atoms with van der Waals surface area (Å²) in [5.74, 6) is -1.29. The van der Waals surface area contributed by atoms with Crippen LogP contribution in [0, 0.1) is 5.82 Å². The zero-order valence-corrected chi connectivity index (χ0v) is 12.6. The number of hydrogen-bond acceptors (Lipinski definition) is 2. The van der Waals surface area contributed by atoms with Crippen LogP contribution in [0.3, 0.4) is 0 Å². The number of halogens is 2. The molecule has 2 aromatic carbocycles. The summed E-state index contributed by atoms with van der Waals surface area (Å²) in [5, 5.41) is 0.342. The van der Waals surface area contributed by atoms with Crippen molar-refractivity contribution in [1.29, 1.82) is 0 Å². The topological polar surface area (TPSA) is 120 Å².